The maximum absolute atomic E-state index is 11.7. The van der Waals surface area contributed by atoms with Gasteiger partial charge in [0, 0.05) is 12.5 Å². The summed E-state index contributed by atoms with van der Waals surface area (Å²) in [7, 11) is 0. The molecule has 102 valence electrons. The molecular weight excluding hydrogens is 252 g/mol. The van der Waals surface area contributed by atoms with Gasteiger partial charge in [-0.25, -0.2) is 0 Å². The predicted molar refractivity (Wildman–Crippen MR) is 76.3 cm³/mol. The molecule has 0 aromatic heterocycles. The Morgan fingerprint density at radius 2 is 2.11 bits per heavy atom. The summed E-state index contributed by atoms with van der Waals surface area (Å²) in [5.74, 6) is 0.418. The molecule has 0 fully saturated rings. The number of carbonyl (C=O) groups excluding carboxylic acids is 1. The van der Waals surface area contributed by atoms with Crippen molar-refractivity contribution in [2.75, 3.05) is 18.5 Å². The minimum atomic E-state index is -0.200. The number of amides is 1. The Morgan fingerprint density at radius 1 is 1.44 bits per heavy atom. The highest BCUT2D eigenvalue weighted by molar-refractivity contribution is 5.93. The van der Waals surface area contributed by atoms with E-state index >= 15 is 0 Å². The first kappa shape index (κ1) is 16.7. The Morgan fingerprint density at radius 3 is 2.72 bits per heavy atom. The van der Waals surface area contributed by atoms with Crippen molar-refractivity contribution in [1.29, 1.82) is 0 Å². The van der Waals surface area contributed by atoms with E-state index in [-0.39, 0.29) is 24.2 Å². The van der Waals surface area contributed by atoms with E-state index < -0.39 is 0 Å². The molecule has 0 bridgehead atoms. The molecule has 1 amide bonds. The molecule has 0 saturated carbocycles. The quantitative estimate of drug-likeness (QED) is 0.836. The molecule has 1 rings (SSSR count). The second-order valence-corrected chi connectivity index (χ2v) is 3.97. The Kier molecular flexibility index (Phi) is 8.16. The van der Waals surface area contributed by atoms with Crippen LogP contribution in [0.2, 0.25) is 0 Å². The van der Waals surface area contributed by atoms with Crippen LogP contribution in [0.4, 0.5) is 5.69 Å². The van der Waals surface area contributed by atoms with Gasteiger partial charge in [-0.1, -0.05) is 26.0 Å². The fourth-order valence-electron chi connectivity index (χ4n) is 1.27. The van der Waals surface area contributed by atoms with Crippen molar-refractivity contribution >= 4 is 24.0 Å². The zero-order valence-corrected chi connectivity index (χ0v) is 11.6. The van der Waals surface area contributed by atoms with Crippen molar-refractivity contribution < 1.29 is 9.53 Å². The normalized spacial score (nSPS) is 11.3. The van der Waals surface area contributed by atoms with Gasteiger partial charge >= 0.3 is 0 Å². The van der Waals surface area contributed by atoms with Crippen molar-refractivity contribution in [3.05, 3.63) is 24.3 Å². The molecule has 1 aromatic carbocycles. The van der Waals surface area contributed by atoms with Crippen molar-refractivity contribution in [3.63, 3.8) is 0 Å². The highest BCUT2D eigenvalue weighted by Gasteiger charge is 2.12. The summed E-state index contributed by atoms with van der Waals surface area (Å²) in [6, 6.07) is 7.42. The molecule has 0 aliphatic carbocycles. The van der Waals surface area contributed by atoms with Crippen LogP contribution in [0.25, 0.3) is 0 Å². The van der Waals surface area contributed by atoms with Crippen LogP contribution in [-0.2, 0) is 4.79 Å². The maximum Gasteiger partial charge on any atom is 0.228 e. The highest BCUT2D eigenvalue weighted by Crippen LogP contribution is 2.24. The van der Waals surface area contributed by atoms with Gasteiger partial charge in [0.1, 0.15) is 5.75 Å². The van der Waals surface area contributed by atoms with Gasteiger partial charge in [-0.05, 0) is 18.6 Å². The molecule has 4 nitrogen and oxygen atoms in total. The first-order valence-electron chi connectivity index (χ1n) is 5.91. The lowest BCUT2D eigenvalue weighted by atomic mass is 10.1. The Balaban J connectivity index is 0.00000289. The number of para-hydroxylation sites is 2. The molecule has 1 unspecified atom stereocenters. The zero-order valence-electron chi connectivity index (χ0n) is 10.8. The lowest BCUT2D eigenvalue weighted by Gasteiger charge is -2.14. The molecular formula is C13H21ClN2O2. The number of rotatable bonds is 6. The molecule has 1 aromatic rings. The van der Waals surface area contributed by atoms with E-state index in [4.69, 9.17) is 10.5 Å². The molecule has 0 saturated heterocycles. The first-order valence-corrected chi connectivity index (χ1v) is 5.91. The number of nitrogens with one attached hydrogen (secondary N) is 1. The number of anilines is 1. The number of halogens is 1. The second kappa shape index (κ2) is 8.78. The number of carbonyl (C=O) groups is 1. The smallest absolute Gasteiger partial charge is 0.228 e. The SMILES string of the molecule is CCCOc1ccccc1NC(=O)C(C)CN.Cl. The molecule has 18 heavy (non-hydrogen) atoms. The van der Waals surface area contributed by atoms with Crippen LogP contribution in [0.5, 0.6) is 5.75 Å². The summed E-state index contributed by atoms with van der Waals surface area (Å²) >= 11 is 0. The van der Waals surface area contributed by atoms with Gasteiger partial charge in [-0.15, -0.1) is 12.4 Å². The first-order chi connectivity index (χ1) is 8.19. The van der Waals surface area contributed by atoms with E-state index in [0.717, 1.165) is 6.42 Å². The topological polar surface area (TPSA) is 64.3 Å². The van der Waals surface area contributed by atoms with Gasteiger partial charge in [0.2, 0.25) is 5.91 Å². The van der Waals surface area contributed by atoms with Crippen LogP contribution in [0.3, 0.4) is 0 Å². The summed E-state index contributed by atoms with van der Waals surface area (Å²) in [6.45, 7) is 4.81. The Hall–Kier alpha value is -1.26. The highest BCUT2D eigenvalue weighted by atomic mass is 35.5. The molecule has 0 radical (unpaired) electrons. The third kappa shape index (κ3) is 4.94. The average molecular weight is 273 g/mol. The van der Waals surface area contributed by atoms with Crippen molar-refractivity contribution in [1.82, 2.24) is 0 Å². The van der Waals surface area contributed by atoms with E-state index in [9.17, 15) is 4.79 Å². The molecule has 5 heteroatoms. The van der Waals surface area contributed by atoms with Gasteiger partial charge in [0.15, 0.2) is 0 Å². The summed E-state index contributed by atoms with van der Waals surface area (Å²) in [4.78, 5) is 11.7. The Labute approximate surface area is 114 Å². The van der Waals surface area contributed by atoms with E-state index in [1.54, 1.807) is 6.92 Å². The van der Waals surface area contributed by atoms with Crippen LogP contribution >= 0.6 is 12.4 Å². The van der Waals surface area contributed by atoms with Crippen LogP contribution < -0.4 is 15.8 Å². The monoisotopic (exact) mass is 272 g/mol. The van der Waals surface area contributed by atoms with Gasteiger partial charge in [-0.2, -0.15) is 0 Å². The summed E-state index contributed by atoms with van der Waals surface area (Å²) in [5.41, 5.74) is 6.15. The van der Waals surface area contributed by atoms with Crippen molar-refractivity contribution in [2.45, 2.75) is 20.3 Å². The van der Waals surface area contributed by atoms with Gasteiger partial charge in [0.25, 0.3) is 0 Å². The van der Waals surface area contributed by atoms with Crippen molar-refractivity contribution in [2.24, 2.45) is 11.7 Å². The predicted octanol–water partition coefficient (Wildman–Crippen LogP) is 2.43. The second-order valence-electron chi connectivity index (χ2n) is 3.97. The number of ether oxygens (including phenoxy) is 1. The van der Waals surface area contributed by atoms with Gasteiger partial charge in [-0.3, -0.25) is 4.79 Å². The van der Waals surface area contributed by atoms with Crippen LogP contribution in [0.1, 0.15) is 20.3 Å². The van der Waals surface area contributed by atoms with E-state index in [1.807, 2.05) is 31.2 Å². The lowest BCUT2D eigenvalue weighted by Crippen LogP contribution is -2.26. The number of hydrogen-bond acceptors (Lipinski definition) is 3. The number of hydrogen-bond donors (Lipinski definition) is 2. The zero-order chi connectivity index (χ0) is 12.7. The van der Waals surface area contributed by atoms with Crippen LogP contribution in [0, 0.1) is 5.92 Å². The molecule has 0 spiro atoms. The van der Waals surface area contributed by atoms with E-state index in [1.165, 1.54) is 0 Å². The minimum Gasteiger partial charge on any atom is -0.491 e. The number of nitrogens with two attached hydrogens (primary N) is 1. The minimum absolute atomic E-state index is 0. The van der Waals surface area contributed by atoms with E-state index in [0.29, 0.717) is 24.6 Å². The summed E-state index contributed by atoms with van der Waals surface area (Å²) < 4.78 is 5.55. The molecule has 0 aliphatic rings. The average Bonchev–Trinajstić information content (AvgIpc) is 2.36. The molecule has 1 atom stereocenters. The molecule has 0 heterocycles. The fraction of sp³-hybridized carbons (Fsp3) is 0.462. The fourth-order valence-corrected chi connectivity index (χ4v) is 1.27. The van der Waals surface area contributed by atoms with Crippen LogP contribution in [0.15, 0.2) is 24.3 Å². The van der Waals surface area contributed by atoms with E-state index in [2.05, 4.69) is 5.32 Å². The maximum atomic E-state index is 11.7. The molecule has 3 N–H and O–H groups in total. The Bertz CT molecular complexity index is 372. The van der Waals surface area contributed by atoms with Gasteiger partial charge in [0.05, 0.1) is 12.3 Å². The largest absolute Gasteiger partial charge is 0.491 e. The summed E-state index contributed by atoms with van der Waals surface area (Å²) in [5, 5.41) is 2.83. The van der Waals surface area contributed by atoms with Crippen molar-refractivity contribution in [3.8, 4) is 5.75 Å². The van der Waals surface area contributed by atoms with Gasteiger partial charge < -0.3 is 15.8 Å². The summed E-state index contributed by atoms with van der Waals surface area (Å²) in [6.07, 6.45) is 0.932. The lowest BCUT2D eigenvalue weighted by molar-refractivity contribution is -0.119. The number of benzene rings is 1. The molecule has 0 aliphatic heterocycles. The third-order valence-electron chi connectivity index (χ3n) is 2.41. The third-order valence-corrected chi connectivity index (χ3v) is 2.41. The standard InChI is InChI=1S/C13H20N2O2.ClH/c1-3-8-17-12-7-5-4-6-11(12)15-13(16)10(2)9-14;/h4-7,10H,3,8-9,14H2,1-2H3,(H,15,16);1H. The van der Waals surface area contributed by atoms with Crippen LogP contribution in [-0.4, -0.2) is 19.1 Å².